The Kier molecular flexibility index (Phi) is 6.84. The minimum Gasteiger partial charge on any atom is -0.378 e. The van der Waals surface area contributed by atoms with Crippen molar-refractivity contribution in [3.05, 3.63) is 47.5 Å². The van der Waals surface area contributed by atoms with Gasteiger partial charge in [-0.05, 0) is 44.0 Å². The molecule has 2 aliphatic heterocycles. The third-order valence-electron chi connectivity index (χ3n) is 6.69. The van der Waals surface area contributed by atoms with E-state index < -0.39 is 0 Å². The normalized spacial score (nSPS) is 16.6. The lowest BCUT2D eigenvalue weighted by molar-refractivity contribution is -0.131. The van der Waals surface area contributed by atoms with Crippen molar-refractivity contribution in [1.29, 1.82) is 0 Å². The van der Waals surface area contributed by atoms with Crippen LogP contribution in [0.15, 0.2) is 30.6 Å². The molecule has 3 aromatic heterocycles. The van der Waals surface area contributed by atoms with Crippen LogP contribution >= 0.6 is 0 Å². The smallest absolute Gasteiger partial charge is 0.225 e. The first-order chi connectivity index (χ1) is 17.1. The second-order valence-electron chi connectivity index (χ2n) is 8.83. The van der Waals surface area contributed by atoms with Crippen molar-refractivity contribution in [1.82, 2.24) is 34.8 Å². The van der Waals surface area contributed by atoms with E-state index in [0.717, 1.165) is 54.9 Å². The van der Waals surface area contributed by atoms with Gasteiger partial charge in [0.2, 0.25) is 11.9 Å². The molecule has 3 aromatic rings. The number of rotatable bonds is 6. The molecule has 11 heteroatoms. The van der Waals surface area contributed by atoms with Gasteiger partial charge in [0.15, 0.2) is 11.6 Å². The summed E-state index contributed by atoms with van der Waals surface area (Å²) in [4.78, 5) is 27.8. The lowest BCUT2D eigenvalue weighted by atomic mass is 10.1. The van der Waals surface area contributed by atoms with Gasteiger partial charge in [-0.3, -0.25) is 4.79 Å². The van der Waals surface area contributed by atoms with Crippen LogP contribution in [0.1, 0.15) is 23.4 Å². The second-order valence-corrected chi connectivity index (χ2v) is 8.83. The van der Waals surface area contributed by atoms with Gasteiger partial charge in [-0.2, -0.15) is 5.10 Å². The number of carbonyl (C=O) groups is 1. The number of carbonyl (C=O) groups excluding carboxylic acids is 1. The average molecular weight is 478 g/mol. The third kappa shape index (κ3) is 5.09. The van der Waals surface area contributed by atoms with E-state index in [1.165, 1.54) is 0 Å². The number of anilines is 2. The first-order valence-electron chi connectivity index (χ1n) is 12.1. The van der Waals surface area contributed by atoms with Crippen LogP contribution in [-0.2, 0) is 16.0 Å². The molecule has 0 N–H and O–H groups in total. The fraction of sp³-hybridized carbons (Fsp3) is 0.500. The molecule has 2 fully saturated rings. The van der Waals surface area contributed by atoms with Crippen LogP contribution in [-0.4, -0.2) is 93.2 Å². The molecule has 0 radical (unpaired) electrons. The molecule has 2 aliphatic rings. The highest BCUT2D eigenvalue weighted by Crippen LogP contribution is 2.20. The molecule has 0 aliphatic carbocycles. The summed E-state index contributed by atoms with van der Waals surface area (Å²) in [5.41, 5.74) is 3.00. The van der Waals surface area contributed by atoms with Crippen LogP contribution in [0.4, 0.5) is 11.8 Å². The summed E-state index contributed by atoms with van der Waals surface area (Å²) in [6, 6.07) is 5.73. The number of morpholine rings is 1. The van der Waals surface area contributed by atoms with E-state index in [9.17, 15) is 4.79 Å². The van der Waals surface area contributed by atoms with E-state index in [0.29, 0.717) is 45.0 Å². The van der Waals surface area contributed by atoms with E-state index in [4.69, 9.17) is 9.84 Å². The number of aromatic nitrogens is 6. The number of hydrogen-bond acceptors (Lipinski definition) is 9. The first-order valence-corrected chi connectivity index (χ1v) is 12.1. The standard InChI is InChI=1S/C24H31N9O2/c1-18-20(4-7-23(34)31-10-12-32(13-11-31)24-25-8-3-9-26-24)19(2)33(29-18)22-6-5-21(27-28-22)30-14-16-35-17-15-30/h3,5-6,8-9H,4,7,10-17H2,1-2H3. The molecule has 0 spiro atoms. The Morgan fingerprint density at radius 2 is 1.60 bits per heavy atom. The Hall–Kier alpha value is -3.60. The lowest BCUT2D eigenvalue weighted by Crippen LogP contribution is -2.49. The predicted octanol–water partition coefficient (Wildman–Crippen LogP) is 1.19. The Balaban J connectivity index is 1.18. The zero-order chi connectivity index (χ0) is 24.2. The molecule has 11 nitrogen and oxygen atoms in total. The number of hydrogen-bond donors (Lipinski definition) is 0. The fourth-order valence-corrected chi connectivity index (χ4v) is 4.65. The van der Waals surface area contributed by atoms with Gasteiger partial charge in [-0.1, -0.05) is 0 Å². The minimum absolute atomic E-state index is 0.167. The van der Waals surface area contributed by atoms with E-state index in [-0.39, 0.29) is 5.91 Å². The zero-order valence-corrected chi connectivity index (χ0v) is 20.3. The Morgan fingerprint density at radius 1 is 0.914 bits per heavy atom. The third-order valence-corrected chi connectivity index (χ3v) is 6.69. The Labute approximate surface area is 204 Å². The van der Waals surface area contributed by atoms with E-state index in [2.05, 4.69) is 30.0 Å². The molecule has 5 rings (SSSR count). The summed E-state index contributed by atoms with van der Waals surface area (Å²) in [7, 11) is 0. The Bertz CT molecular complexity index is 1140. The predicted molar refractivity (Wildman–Crippen MR) is 131 cm³/mol. The summed E-state index contributed by atoms with van der Waals surface area (Å²) in [6.45, 7) is 9.91. The summed E-state index contributed by atoms with van der Waals surface area (Å²) < 4.78 is 7.23. The number of ether oxygens (including phenoxy) is 1. The van der Waals surface area contributed by atoms with Crippen LogP contribution in [0, 0.1) is 13.8 Å². The molecular formula is C24H31N9O2. The number of aryl methyl sites for hydroxylation is 1. The average Bonchev–Trinajstić information content (AvgIpc) is 3.21. The van der Waals surface area contributed by atoms with Crippen molar-refractivity contribution < 1.29 is 9.53 Å². The second kappa shape index (κ2) is 10.3. The van der Waals surface area contributed by atoms with Crippen LogP contribution in [0.2, 0.25) is 0 Å². The highest BCUT2D eigenvalue weighted by Gasteiger charge is 2.23. The molecule has 184 valence electrons. The maximum Gasteiger partial charge on any atom is 0.225 e. The van der Waals surface area contributed by atoms with Gasteiger partial charge in [-0.15, -0.1) is 10.2 Å². The van der Waals surface area contributed by atoms with Crippen molar-refractivity contribution in [3.8, 4) is 5.82 Å². The summed E-state index contributed by atoms with van der Waals surface area (Å²) in [5, 5.41) is 13.5. The molecule has 0 bridgehead atoms. The molecule has 0 aromatic carbocycles. The first kappa shape index (κ1) is 23.2. The van der Waals surface area contributed by atoms with Crippen LogP contribution < -0.4 is 9.80 Å². The Morgan fingerprint density at radius 3 is 2.29 bits per heavy atom. The molecule has 0 atom stereocenters. The van der Waals surface area contributed by atoms with Crippen molar-refractivity contribution in [2.75, 3.05) is 62.3 Å². The van der Waals surface area contributed by atoms with Gasteiger partial charge in [0.25, 0.3) is 0 Å². The van der Waals surface area contributed by atoms with Crippen molar-refractivity contribution in [2.24, 2.45) is 0 Å². The maximum atomic E-state index is 12.9. The van der Waals surface area contributed by atoms with E-state index >= 15 is 0 Å². The minimum atomic E-state index is 0.167. The van der Waals surface area contributed by atoms with Gasteiger partial charge in [0.05, 0.1) is 18.9 Å². The summed E-state index contributed by atoms with van der Waals surface area (Å²) in [6.07, 6.45) is 4.60. The van der Waals surface area contributed by atoms with Crippen molar-refractivity contribution >= 4 is 17.7 Å². The van der Waals surface area contributed by atoms with Crippen LogP contribution in [0.3, 0.4) is 0 Å². The molecule has 5 heterocycles. The fourth-order valence-electron chi connectivity index (χ4n) is 4.65. The molecule has 35 heavy (non-hydrogen) atoms. The van der Waals surface area contributed by atoms with Gasteiger partial charge in [0, 0.05) is 63.8 Å². The maximum absolute atomic E-state index is 12.9. The molecule has 0 unspecified atom stereocenters. The van der Waals surface area contributed by atoms with Gasteiger partial charge in [-0.25, -0.2) is 14.6 Å². The monoisotopic (exact) mass is 477 g/mol. The van der Waals surface area contributed by atoms with Gasteiger partial charge >= 0.3 is 0 Å². The quantitative estimate of drug-likeness (QED) is 0.517. The molecule has 0 saturated carbocycles. The van der Waals surface area contributed by atoms with Crippen molar-refractivity contribution in [3.63, 3.8) is 0 Å². The van der Waals surface area contributed by atoms with Gasteiger partial charge in [0.1, 0.15) is 0 Å². The highest BCUT2D eigenvalue weighted by atomic mass is 16.5. The topological polar surface area (TPSA) is 105 Å². The number of piperazine rings is 1. The van der Waals surface area contributed by atoms with Gasteiger partial charge < -0.3 is 19.4 Å². The number of nitrogens with zero attached hydrogens (tertiary/aromatic N) is 9. The SMILES string of the molecule is Cc1nn(-c2ccc(N3CCOCC3)nn2)c(C)c1CCC(=O)N1CCN(c2ncccn2)CC1. The van der Waals surface area contributed by atoms with Crippen LogP contribution in [0.5, 0.6) is 0 Å². The largest absolute Gasteiger partial charge is 0.378 e. The summed E-state index contributed by atoms with van der Waals surface area (Å²) >= 11 is 0. The molecular weight excluding hydrogens is 446 g/mol. The van der Waals surface area contributed by atoms with Crippen molar-refractivity contribution in [2.45, 2.75) is 26.7 Å². The molecule has 2 saturated heterocycles. The zero-order valence-electron chi connectivity index (χ0n) is 20.3. The van der Waals surface area contributed by atoms with E-state index in [1.54, 1.807) is 12.4 Å². The lowest BCUT2D eigenvalue weighted by Gasteiger charge is -2.34. The highest BCUT2D eigenvalue weighted by molar-refractivity contribution is 5.76. The van der Waals surface area contributed by atoms with Crippen LogP contribution in [0.25, 0.3) is 5.82 Å². The summed E-state index contributed by atoms with van der Waals surface area (Å²) in [5.74, 6) is 2.42. The van der Waals surface area contributed by atoms with E-state index in [1.807, 2.05) is 41.6 Å². The number of amides is 1. The molecule has 1 amide bonds.